The molecule has 0 saturated heterocycles. The maximum atomic E-state index is 11.9. The Balaban J connectivity index is 3.98. The molecule has 0 aliphatic rings. The van der Waals surface area contributed by atoms with E-state index in [2.05, 4.69) is 25.9 Å². The molecule has 0 aromatic carbocycles. The van der Waals surface area contributed by atoms with Gasteiger partial charge in [0.2, 0.25) is 0 Å². The van der Waals surface area contributed by atoms with Gasteiger partial charge in [-0.15, -0.1) is 0 Å². The van der Waals surface area contributed by atoms with E-state index in [1.807, 2.05) is 31.6 Å². The highest BCUT2D eigenvalue weighted by atomic mass is 33.1. The summed E-state index contributed by atoms with van der Waals surface area (Å²) >= 11 is 0. The molecule has 0 spiro atoms. The fourth-order valence-corrected chi connectivity index (χ4v) is 3.62. The molecule has 1 N–H and O–H groups in total. The molecule has 0 bridgehead atoms. The maximum absolute atomic E-state index is 11.9. The fraction of sp³-hybridized carbons (Fsp3) is 0.846. The van der Waals surface area contributed by atoms with Gasteiger partial charge in [0.25, 0.3) is 0 Å². The number of oxime groups is 1. The van der Waals surface area contributed by atoms with Crippen LogP contribution in [0.5, 0.6) is 0 Å². The minimum atomic E-state index is -0.390. The van der Waals surface area contributed by atoms with E-state index in [9.17, 15) is 4.79 Å². The molecule has 0 radical (unpaired) electrons. The summed E-state index contributed by atoms with van der Waals surface area (Å²) in [6, 6.07) is 0. The smallest absolute Gasteiger partial charge is 0.180 e. The molecule has 0 rings (SSSR count). The van der Waals surface area contributed by atoms with Crippen LogP contribution in [-0.4, -0.2) is 27.2 Å². The van der Waals surface area contributed by atoms with Crippen molar-refractivity contribution in [2.24, 2.45) is 10.6 Å². The molecule has 0 atom stereocenters. The third-order valence-electron chi connectivity index (χ3n) is 2.01. The highest BCUT2D eigenvalue weighted by Gasteiger charge is 2.26. The van der Waals surface area contributed by atoms with Gasteiger partial charge in [-0.05, 0) is 6.42 Å². The average Bonchev–Trinajstić information content (AvgIpc) is 2.13. The van der Waals surface area contributed by atoms with Crippen LogP contribution in [0.4, 0.5) is 0 Å². The summed E-state index contributed by atoms with van der Waals surface area (Å²) in [4.78, 5) is 11.9. The van der Waals surface area contributed by atoms with Crippen molar-refractivity contribution < 1.29 is 10.0 Å². The molecule has 3 nitrogen and oxygen atoms in total. The molecule has 0 unspecified atom stereocenters. The van der Waals surface area contributed by atoms with Gasteiger partial charge in [-0.2, -0.15) is 0 Å². The summed E-state index contributed by atoms with van der Waals surface area (Å²) in [5.41, 5.74) is -0.116. The van der Waals surface area contributed by atoms with Crippen LogP contribution in [0, 0.1) is 5.41 Å². The molecule has 18 heavy (non-hydrogen) atoms. The van der Waals surface area contributed by atoms with Crippen LogP contribution in [0.3, 0.4) is 0 Å². The Bertz CT molecular complexity index is 301. The average molecular weight is 291 g/mol. The van der Waals surface area contributed by atoms with E-state index < -0.39 is 0 Å². The first-order valence-electron chi connectivity index (χ1n) is 6.14. The number of hydrogen-bond acceptors (Lipinski definition) is 5. The van der Waals surface area contributed by atoms with Crippen molar-refractivity contribution >= 4 is 33.1 Å². The number of nitrogens with zero attached hydrogens (tertiary/aromatic N) is 1. The van der Waals surface area contributed by atoms with Gasteiger partial charge in [-0.1, -0.05) is 68.3 Å². The summed E-state index contributed by atoms with van der Waals surface area (Å²) in [5.74, 6) is 0.891. The zero-order valence-corrected chi connectivity index (χ0v) is 13.9. The van der Waals surface area contributed by atoms with Gasteiger partial charge >= 0.3 is 0 Å². The molecule has 0 aliphatic heterocycles. The standard InChI is InChI=1S/C13H25NO2S2/c1-12(2,3)11(14-16)10(15)8-7-9-17-18-13(4,5)6/h16H,7-9H2,1-6H3. The zero-order valence-electron chi connectivity index (χ0n) is 12.2. The third kappa shape index (κ3) is 8.03. The summed E-state index contributed by atoms with van der Waals surface area (Å²) < 4.78 is 0.248. The van der Waals surface area contributed by atoms with Crippen LogP contribution >= 0.6 is 21.6 Å². The lowest BCUT2D eigenvalue weighted by Gasteiger charge is -2.18. The molecule has 0 aliphatic carbocycles. The predicted molar refractivity (Wildman–Crippen MR) is 82.7 cm³/mol. The van der Waals surface area contributed by atoms with E-state index in [0.717, 1.165) is 12.2 Å². The molecular weight excluding hydrogens is 266 g/mol. The van der Waals surface area contributed by atoms with Crippen molar-refractivity contribution in [2.75, 3.05) is 5.75 Å². The Hall–Kier alpha value is -0.160. The van der Waals surface area contributed by atoms with Gasteiger partial charge in [-0.3, -0.25) is 4.79 Å². The van der Waals surface area contributed by atoms with Crippen LogP contribution in [-0.2, 0) is 4.79 Å². The third-order valence-corrected chi connectivity index (χ3v) is 5.44. The number of ketones is 1. The van der Waals surface area contributed by atoms with Crippen LogP contribution in [0.25, 0.3) is 0 Å². The maximum Gasteiger partial charge on any atom is 0.180 e. The quantitative estimate of drug-likeness (QED) is 0.259. The molecule has 0 saturated carbocycles. The van der Waals surface area contributed by atoms with E-state index in [0.29, 0.717) is 6.42 Å². The highest BCUT2D eigenvalue weighted by molar-refractivity contribution is 8.77. The van der Waals surface area contributed by atoms with Crippen molar-refractivity contribution in [2.45, 2.75) is 59.1 Å². The van der Waals surface area contributed by atoms with Gasteiger partial charge in [0.1, 0.15) is 5.71 Å². The van der Waals surface area contributed by atoms with Crippen molar-refractivity contribution in [3.05, 3.63) is 0 Å². The van der Waals surface area contributed by atoms with Crippen LogP contribution in [0.15, 0.2) is 5.16 Å². The normalized spacial score (nSPS) is 13.8. The first-order chi connectivity index (χ1) is 8.08. The SMILES string of the molecule is CC(C)(C)SSCCCC(=O)C(=NO)C(C)(C)C. The fourth-order valence-electron chi connectivity index (χ4n) is 1.25. The minimum Gasteiger partial charge on any atom is -0.411 e. The van der Waals surface area contributed by atoms with Gasteiger partial charge in [0.05, 0.1) is 0 Å². The van der Waals surface area contributed by atoms with Crippen molar-refractivity contribution in [3.8, 4) is 0 Å². The molecular formula is C13H25NO2S2. The molecule has 0 aromatic heterocycles. The van der Waals surface area contributed by atoms with Crippen molar-refractivity contribution in [3.63, 3.8) is 0 Å². The van der Waals surface area contributed by atoms with Gasteiger partial charge in [0, 0.05) is 22.3 Å². The Morgan fingerprint density at radius 3 is 2.11 bits per heavy atom. The Labute approximate surface area is 119 Å². The largest absolute Gasteiger partial charge is 0.411 e. The number of Topliss-reactive ketones (excluding diaryl/α,β-unsaturated/α-hetero) is 1. The van der Waals surface area contributed by atoms with E-state index in [1.54, 1.807) is 10.8 Å². The van der Waals surface area contributed by atoms with Crippen molar-refractivity contribution in [1.29, 1.82) is 0 Å². The van der Waals surface area contributed by atoms with Crippen LogP contribution in [0.1, 0.15) is 54.4 Å². The summed E-state index contributed by atoms with van der Waals surface area (Å²) in [5, 5.41) is 12.1. The van der Waals surface area contributed by atoms with Gasteiger partial charge in [0.15, 0.2) is 5.78 Å². The van der Waals surface area contributed by atoms with Crippen molar-refractivity contribution in [1.82, 2.24) is 0 Å². The number of hydrogen-bond donors (Lipinski definition) is 1. The first-order valence-corrected chi connectivity index (χ1v) is 8.46. The van der Waals surface area contributed by atoms with E-state index in [-0.39, 0.29) is 21.7 Å². The summed E-state index contributed by atoms with van der Waals surface area (Å²) in [6.45, 7) is 12.2. The molecule has 106 valence electrons. The predicted octanol–water partition coefficient (Wildman–Crippen LogP) is 4.39. The summed E-state index contributed by atoms with van der Waals surface area (Å²) in [7, 11) is 3.62. The Kier molecular flexibility index (Phi) is 7.37. The molecule has 0 fully saturated rings. The molecule has 5 heteroatoms. The van der Waals surface area contributed by atoms with Gasteiger partial charge < -0.3 is 5.21 Å². The van der Waals surface area contributed by atoms with E-state index in [1.165, 1.54) is 0 Å². The number of rotatable bonds is 6. The summed E-state index contributed by atoms with van der Waals surface area (Å²) in [6.07, 6.45) is 1.27. The second-order valence-corrected chi connectivity index (χ2v) is 9.49. The van der Waals surface area contributed by atoms with Crippen LogP contribution < -0.4 is 0 Å². The first kappa shape index (κ1) is 17.8. The topological polar surface area (TPSA) is 49.7 Å². The van der Waals surface area contributed by atoms with E-state index >= 15 is 0 Å². The Morgan fingerprint density at radius 1 is 1.17 bits per heavy atom. The van der Waals surface area contributed by atoms with E-state index in [4.69, 9.17) is 5.21 Å². The van der Waals surface area contributed by atoms with Crippen LogP contribution in [0.2, 0.25) is 0 Å². The lowest BCUT2D eigenvalue weighted by molar-refractivity contribution is -0.113. The van der Waals surface area contributed by atoms with Gasteiger partial charge in [-0.25, -0.2) is 0 Å². The minimum absolute atomic E-state index is 0.0497. The Morgan fingerprint density at radius 2 is 1.72 bits per heavy atom. The highest BCUT2D eigenvalue weighted by Crippen LogP contribution is 2.35. The molecule has 0 amide bonds. The lowest BCUT2D eigenvalue weighted by atomic mass is 9.86. The lowest BCUT2D eigenvalue weighted by Crippen LogP contribution is -2.29. The molecule has 0 aromatic rings. The second-order valence-electron chi connectivity index (χ2n) is 6.24. The number of carbonyl (C=O) groups is 1. The second kappa shape index (κ2) is 7.43. The molecule has 0 heterocycles. The number of carbonyl (C=O) groups excluding carboxylic acids is 1. The monoisotopic (exact) mass is 291 g/mol. The zero-order chi connectivity index (χ0) is 14.4.